The SMILES string of the molecule is CNC(Cc1ccncc1Cl)C1SCCSC1C. The molecule has 0 aromatic carbocycles. The van der Waals surface area contributed by atoms with Gasteiger partial charge in [0.2, 0.25) is 0 Å². The fourth-order valence-corrected chi connectivity index (χ4v) is 5.48. The van der Waals surface area contributed by atoms with Gasteiger partial charge in [0.1, 0.15) is 0 Å². The van der Waals surface area contributed by atoms with E-state index in [-0.39, 0.29) is 0 Å². The lowest BCUT2D eigenvalue weighted by atomic mass is 10.0. The van der Waals surface area contributed by atoms with E-state index in [4.69, 9.17) is 11.6 Å². The minimum Gasteiger partial charge on any atom is -0.316 e. The first-order valence-corrected chi connectivity index (χ1v) is 8.68. The van der Waals surface area contributed by atoms with Gasteiger partial charge in [0.15, 0.2) is 0 Å². The van der Waals surface area contributed by atoms with Crippen LogP contribution in [0.2, 0.25) is 5.02 Å². The van der Waals surface area contributed by atoms with Gasteiger partial charge in [0.25, 0.3) is 0 Å². The zero-order chi connectivity index (χ0) is 13.0. The lowest BCUT2D eigenvalue weighted by Crippen LogP contribution is -2.44. The van der Waals surface area contributed by atoms with Gasteiger partial charge >= 0.3 is 0 Å². The predicted octanol–water partition coefficient (Wildman–Crippen LogP) is 3.10. The molecule has 2 rings (SSSR count). The fourth-order valence-electron chi connectivity index (χ4n) is 2.28. The maximum atomic E-state index is 6.20. The molecular formula is C13H19ClN2S2. The number of pyridine rings is 1. The topological polar surface area (TPSA) is 24.9 Å². The van der Waals surface area contributed by atoms with Crippen LogP contribution in [0.5, 0.6) is 0 Å². The molecule has 3 atom stereocenters. The average Bonchev–Trinajstić information content (AvgIpc) is 2.39. The lowest BCUT2D eigenvalue weighted by Gasteiger charge is -2.34. The molecule has 5 heteroatoms. The van der Waals surface area contributed by atoms with Gasteiger partial charge in [-0.2, -0.15) is 23.5 Å². The monoisotopic (exact) mass is 302 g/mol. The summed E-state index contributed by atoms with van der Waals surface area (Å²) in [5, 5.41) is 5.59. The van der Waals surface area contributed by atoms with E-state index in [9.17, 15) is 0 Å². The number of hydrogen-bond acceptors (Lipinski definition) is 4. The van der Waals surface area contributed by atoms with E-state index in [1.165, 1.54) is 17.1 Å². The van der Waals surface area contributed by atoms with Crippen LogP contribution in [0.25, 0.3) is 0 Å². The van der Waals surface area contributed by atoms with Crippen molar-refractivity contribution in [1.29, 1.82) is 0 Å². The van der Waals surface area contributed by atoms with Crippen molar-refractivity contribution in [3.05, 3.63) is 29.0 Å². The van der Waals surface area contributed by atoms with Crippen LogP contribution in [0, 0.1) is 0 Å². The first-order valence-electron chi connectivity index (χ1n) is 6.21. The van der Waals surface area contributed by atoms with Crippen molar-refractivity contribution in [2.24, 2.45) is 0 Å². The number of halogens is 1. The smallest absolute Gasteiger partial charge is 0.0621 e. The summed E-state index contributed by atoms with van der Waals surface area (Å²) in [7, 11) is 2.05. The van der Waals surface area contributed by atoms with Crippen LogP contribution in [-0.2, 0) is 6.42 Å². The number of nitrogens with one attached hydrogen (secondary N) is 1. The van der Waals surface area contributed by atoms with Gasteiger partial charge < -0.3 is 5.32 Å². The second-order valence-corrected chi connectivity index (χ2v) is 7.66. The van der Waals surface area contributed by atoms with Crippen LogP contribution in [0.4, 0.5) is 0 Å². The summed E-state index contributed by atoms with van der Waals surface area (Å²) in [6, 6.07) is 2.50. The number of rotatable bonds is 4. The standard InChI is InChI=1S/C13H19ClN2S2/c1-9-13(18-6-5-17-9)12(15-2)7-10-3-4-16-8-11(10)14/h3-4,8-9,12-13,15H,5-7H2,1-2H3. The van der Waals surface area contributed by atoms with Crippen molar-refractivity contribution in [2.75, 3.05) is 18.6 Å². The van der Waals surface area contributed by atoms with Gasteiger partial charge in [-0.15, -0.1) is 0 Å². The molecule has 0 bridgehead atoms. The minimum absolute atomic E-state index is 0.470. The molecule has 0 radical (unpaired) electrons. The molecule has 100 valence electrons. The molecule has 3 unspecified atom stereocenters. The van der Waals surface area contributed by atoms with Crippen molar-refractivity contribution in [3.63, 3.8) is 0 Å². The third-order valence-electron chi connectivity index (χ3n) is 3.30. The summed E-state index contributed by atoms with van der Waals surface area (Å²) in [6.07, 6.45) is 4.52. The summed E-state index contributed by atoms with van der Waals surface area (Å²) in [5.74, 6) is 2.52. The van der Waals surface area contributed by atoms with E-state index in [1.807, 2.05) is 19.3 Å². The molecule has 1 fully saturated rings. The molecule has 0 aliphatic carbocycles. The third-order valence-corrected chi connectivity index (χ3v) is 6.89. The van der Waals surface area contributed by atoms with E-state index in [0.29, 0.717) is 16.5 Å². The average molecular weight is 303 g/mol. The Bertz CT molecular complexity index is 389. The highest BCUT2D eigenvalue weighted by Crippen LogP contribution is 2.34. The molecule has 0 spiro atoms. The van der Waals surface area contributed by atoms with E-state index in [1.54, 1.807) is 6.20 Å². The molecule has 0 amide bonds. The van der Waals surface area contributed by atoms with Gasteiger partial charge in [-0.3, -0.25) is 4.98 Å². The summed E-state index contributed by atoms with van der Waals surface area (Å²) in [5.41, 5.74) is 1.19. The van der Waals surface area contributed by atoms with Crippen LogP contribution in [0.3, 0.4) is 0 Å². The van der Waals surface area contributed by atoms with E-state index in [0.717, 1.165) is 11.4 Å². The Morgan fingerprint density at radius 2 is 2.28 bits per heavy atom. The van der Waals surface area contributed by atoms with Crippen molar-refractivity contribution in [2.45, 2.75) is 29.9 Å². The molecule has 1 aliphatic rings. The molecule has 2 nitrogen and oxygen atoms in total. The Kier molecular flexibility index (Phi) is 5.67. The fraction of sp³-hybridized carbons (Fsp3) is 0.615. The van der Waals surface area contributed by atoms with Crippen LogP contribution in [0.1, 0.15) is 12.5 Å². The number of nitrogens with zero attached hydrogens (tertiary/aromatic N) is 1. The quantitative estimate of drug-likeness (QED) is 0.924. The maximum Gasteiger partial charge on any atom is 0.0621 e. The molecule has 1 saturated heterocycles. The Hall–Kier alpha value is 0.1000. The Morgan fingerprint density at radius 1 is 1.50 bits per heavy atom. The second-order valence-electron chi connectivity index (χ2n) is 4.48. The number of hydrogen-bond donors (Lipinski definition) is 1. The molecule has 1 aromatic heterocycles. The first-order chi connectivity index (χ1) is 8.72. The Morgan fingerprint density at radius 3 is 2.94 bits per heavy atom. The van der Waals surface area contributed by atoms with Crippen molar-refractivity contribution < 1.29 is 0 Å². The molecule has 1 aliphatic heterocycles. The molecule has 0 saturated carbocycles. The molecule has 1 N–H and O–H groups in total. The first kappa shape index (κ1) is 14.5. The highest BCUT2D eigenvalue weighted by Gasteiger charge is 2.29. The molecule has 2 heterocycles. The third kappa shape index (κ3) is 3.56. The van der Waals surface area contributed by atoms with Gasteiger partial charge in [-0.25, -0.2) is 0 Å². The Labute approximate surface area is 123 Å². The summed E-state index contributed by atoms with van der Waals surface area (Å²) >= 11 is 10.4. The minimum atomic E-state index is 0.470. The van der Waals surface area contributed by atoms with Gasteiger partial charge in [0.05, 0.1) is 5.02 Å². The zero-order valence-electron chi connectivity index (χ0n) is 10.7. The Balaban J connectivity index is 2.07. The highest BCUT2D eigenvalue weighted by molar-refractivity contribution is 8.07. The molecule has 18 heavy (non-hydrogen) atoms. The van der Waals surface area contributed by atoms with Gasteiger partial charge in [-0.05, 0) is 25.1 Å². The van der Waals surface area contributed by atoms with Crippen LogP contribution < -0.4 is 5.32 Å². The number of likely N-dealkylation sites (N-methyl/N-ethyl adjacent to an activating group) is 1. The van der Waals surface area contributed by atoms with Crippen LogP contribution in [-0.4, -0.2) is 40.1 Å². The highest BCUT2D eigenvalue weighted by atomic mass is 35.5. The summed E-state index contributed by atoms with van der Waals surface area (Å²) in [6.45, 7) is 2.33. The van der Waals surface area contributed by atoms with E-state index in [2.05, 4.69) is 40.7 Å². The van der Waals surface area contributed by atoms with Crippen LogP contribution in [0.15, 0.2) is 18.5 Å². The molecule has 1 aromatic rings. The number of aromatic nitrogens is 1. The van der Waals surface area contributed by atoms with E-state index < -0.39 is 0 Å². The predicted molar refractivity (Wildman–Crippen MR) is 84.0 cm³/mol. The number of thioether (sulfide) groups is 2. The van der Waals surface area contributed by atoms with Gasteiger partial charge in [-0.1, -0.05) is 18.5 Å². The lowest BCUT2D eigenvalue weighted by molar-refractivity contribution is 0.530. The maximum absolute atomic E-state index is 6.20. The van der Waals surface area contributed by atoms with Crippen molar-refractivity contribution in [1.82, 2.24) is 10.3 Å². The molecular weight excluding hydrogens is 284 g/mol. The van der Waals surface area contributed by atoms with Crippen molar-refractivity contribution >= 4 is 35.1 Å². The largest absolute Gasteiger partial charge is 0.316 e. The van der Waals surface area contributed by atoms with Gasteiger partial charge in [0, 0.05) is 40.4 Å². The summed E-state index contributed by atoms with van der Waals surface area (Å²) < 4.78 is 0. The van der Waals surface area contributed by atoms with Crippen molar-refractivity contribution in [3.8, 4) is 0 Å². The second kappa shape index (κ2) is 7.04. The summed E-state index contributed by atoms with van der Waals surface area (Å²) in [4.78, 5) is 4.04. The zero-order valence-corrected chi connectivity index (χ0v) is 13.1. The van der Waals surface area contributed by atoms with Crippen LogP contribution >= 0.6 is 35.1 Å². The normalized spacial score (nSPS) is 25.9. The van der Waals surface area contributed by atoms with E-state index >= 15 is 0 Å².